The second kappa shape index (κ2) is 6.61. The van der Waals surface area contributed by atoms with Crippen molar-refractivity contribution >= 4 is 29.4 Å². The van der Waals surface area contributed by atoms with Crippen molar-refractivity contribution in [3.05, 3.63) is 53.9 Å². The first-order valence-corrected chi connectivity index (χ1v) is 7.11. The molecule has 3 nitrogen and oxygen atoms in total. The van der Waals surface area contributed by atoms with Crippen LogP contribution in [0.15, 0.2) is 53.9 Å². The van der Waals surface area contributed by atoms with Gasteiger partial charge in [-0.25, -0.2) is 4.98 Å². The number of benzene rings is 2. The summed E-state index contributed by atoms with van der Waals surface area (Å²) in [5.74, 6) is 0.687. The summed E-state index contributed by atoms with van der Waals surface area (Å²) in [4.78, 5) is 4.67. The standard InChI is InChI=1S/C16H14N2OS.ClH/c1-19-15-8-7-12(9-13(15)17)14-10-20-16(18-14)11-5-3-2-4-6-11;/h2-10H,17H2,1H3;1H. The Kier molecular flexibility index (Phi) is 4.83. The van der Waals surface area contributed by atoms with E-state index in [0.29, 0.717) is 11.4 Å². The zero-order chi connectivity index (χ0) is 13.9. The average molecular weight is 319 g/mol. The molecule has 3 rings (SSSR count). The number of hydrogen-bond donors (Lipinski definition) is 1. The monoisotopic (exact) mass is 318 g/mol. The number of methoxy groups -OCH3 is 1. The number of hydrogen-bond acceptors (Lipinski definition) is 4. The molecule has 0 aliphatic rings. The van der Waals surface area contributed by atoms with Gasteiger partial charge in [-0.05, 0) is 18.2 Å². The predicted octanol–water partition coefficient (Wildman–Crippen LogP) is 4.49. The fraction of sp³-hybridized carbons (Fsp3) is 0.0625. The van der Waals surface area contributed by atoms with E-state index in [-0.39, 0.29) is 12.4 Å². The fourth-order valence-corrected chi connectivity index (χ4v) is 2.85. The smallest absolute Gasteiger partial charge is 0.141 e. The van der Waals surface area contributed by atoms with Crippen LogP contribution in [0.1, 0.15) is 0 Å². The lowest BCUT2D eigenvalue weighted by Crippen LogP contribution is -1.92. The highest BCUT2D eigenvalue weighted by Gasteiger charge is 2.08. The van der Waals surface area contributed by atoms with Crippen molar-refractivity contribution in [3.63, 3.8) is 0 Å². The first kappa shape index (κ1) is 15.4. The minimum absolute atomic E-state index is 0. The normalized spacial score (nSPS) is 9.95. The van der Waals surface area contributed by atoms with Crippen molar-refractivity contribution in [2.45, 2.75) is 0 Å². The second-order valence-electron chi connectivity index (χ2n) is 4.36. The first-order chi connectivity index (χ1) is 9.78. The zero-order valence-corrected chi connectivity index (χ0v) is 13.1. The van der Waals surface area contributed by atoms with E-state index >= 15 is 0 Å². The number of thiazole rings is 1. The third-order valence-electron chi connectivity index (χ3n) is 3.05. The summed E-state index contributed by atoms with van der Waals surface area (Å²) >= 11 is 1.63. The van der Waals surface area contributed by atoms with Crippen molar-refractivity contribution in [1.29, 1.82) is 0 Å². The topological polar surface area (TPSA) is 48.1 Å². The van der Waals surface area contributed by atoms with Crippen LogP contribution in [0, 0.1) is 0 Å². The molecule has 0 aliphatic heterocycles. The first-order valence-electron chi connectivity index (χ1n) is 6.23. The Balaban J connectivity index is 0.00000161. The molecule has 1 heterocycles. The van der Waals surface area contributed by atoms with E-state index in [1.54, 1.807) is 18.4 Å². The zero-order valence-electron chi connectivity index (χ0n) is 11.4. The molecule has 0 saturated heterocycles. The van der Waals surface area contributed by atoms with E-state index in [1.807, 2.05) is 41.8 Å². The van der Waals surface area contributed by atoms with Gasteiger partial charge in [0.25, 0.3) is 0 Å². The maximum atomic E-state index is 5.94. The SMILES string of the molecule is COc1ccc(-c2csc(-c3ccccc3)n2)cc1N.Cl. The summed E-state index contributed by atoms with van der Waals surface area (Å²) in [6, 6.07) is 15.9. The van der Waals surface area contributed by atoms with E-state index in [0.717, 1.165) is 21.8 Å². The van der Waals surface area contributed by atoms with E-state index in [1.165, 1.54) is 0 Å². The highest BCUT2D eigenvalue weighted by atomic mass is 35.5. The molecule has 0 amide bonds. The Morgan fingerprint density at radius 1 is 1.05 bits per heavy atom. The summed E-state index contributed by atoms with van der Waals surface area (Å²) in [6.45, 7) is 0. The molecule has 5 heteroatoms. The van der Waals surface area contributed by atoms with Gasteiger partial charge in [-0.2, -0.15) is 0 Å². The minimum Gasteiger partial charge on any atom is -0.495 e. The predicted molar refractivity (Wildman–Crippen MR) is 91.2 cm³/mol. The molecule has 1 aromatic heterocycles. The number of aromatic nitrogens is 1. The molecule has 0 spiro atoms. The second-order valence-corrected chi connectivity index (χ2v) is 5.22. The summed E-state index contributed by atoms with van der Waals surface area (Å²) in [6.07, 6.45) is 0. The van der Waals surface area contributed by atoms with Gasteiger partial charge in [-0.3, -0.25) is 0 Å². The lowest BCUT2D eigenvalue weighted by molar-refractivity contribution is 0.417. The number of nitrogen functional groups attached to an aromatic ring is 1. The lowest BCUT2D eigenvalue weighted by atomic mass is 10.1. The number of anilines is 1. The van der Waals surface area contributed by atoms with Crippen LogP contribution in [0.25, 0.3) is 21.8 Å². The molecule has 0 radical (unpaired) electrons. The van der Waals surface area contributed by atoms with Gasteiger partial charge in [-0.1, -0.05) is 30.3 Å². The van der Waals surface area contributed by atoms with Crippen molar-refractivity contribution in [2.75, 3.05) is 12.8 Å². The van der Waals surface area contributed by atoms with Crippen LogP contribution in [-0.4, -0.2) is 12.1 Å². The van der Waals surface area contributed by atoms with Crippen molar-refractivity contribution in [2.24, 2.45) is 0 Å². The number of ether oxygens (including phenoxy) is 1. The van der Waals surface area contributed by atoms with Crippen molar-refractivity contribution in [1.82, 2.24) is 4.98 Å². The number of nitrogens with zero attached hydrogens (tertiary/aromatic N) is 1. The van der Waals surface area contributed by atoms with Crippen LogP contribution in [0.5, 0.6) is 5.75 Å². The van der Waals surface area contributed by atoms with E-state index < -0.39 is 0 Å². The Hall–Kier alpha value is -2.04. The highest BCUT2D eigenvalue weighted by Crippen LogP contribution is 2.32. The fourth-order valence-electron chi connectivity index (χ4n) is 2.01. The number of rotatable bonds is 3. The number of halogens is 1. The molecule has 2 N–H and O–H groups in total. The molecule has 0 unspecified atom stereocenters. The molecule has 108 valence electrons. The van der Waals surface area contributed by atoms with Crippen LogP contribution >= 0.6 is 23.7 Å². The van der Waals surface area contributed by atoms with Gasteiger partial charge in [-0.15, -0.1) is 23.7 Å². The van der Waals surface area contributed by atoms with Gasteiger partial charge in [0.15, 0.2) is 0 Å². The minimum atomic E-state index is 0. The quantitative estimate of drug-likeness (QED) is 0.724. The Morgan fingerprint density at radius 3 is 2.48 bits per heavy atom. The van der Waals surface area contributed by atoms with Crippen LogP contribution in [-0.2, 0) is 0 Å². The van der Waals surface area contributed by atoms with Gasteiger partial charge >= 0.3 is 0 Å². The molecule has 2 aromatic carbocycles. The van der Waals surface area contributed by atoms with Crippen molar-refractivity contribution < 1.29 is 4.74 Å². The van der Waals surface area contributed by atoms with Crippen molar-refractivity contribution in [3.8, 4) is 27.6 Å². The third kappa shape index (κ3) is 3.17. The molecule has 0 bridgehead atoms. The van der Waals surface area contributed by atoms with Gasteiger partial charge < -0.3 is 10.5 Å². The van der Waals surface area contributed by atoms with Gasteiger partial charge in [0.05, 0.1) is 18.5 Å². The van der Waals surface area contributed by atoms with E-state index in [4.69, 9.17) is 10.5 Å². The van der Waals surface area contributed by atoms with Crippen LogP contribution in [0.4, 0.5) is 5.69 Å². The van der Waals surface area contributed by atoms with Gasteiger partial charge in [0, 0.05) is 16.5 Å². The summed E-state index contributed by atoms with van der Waals surface area (Å²) < 4.78 is 5.17. The lowest BCUT2D eigenvalue weighted by Gasteiger charge is -2.05. The molecule has 0 saturated carbocycles. The molecular formula is C16H15ClN2OS. The molecule has 0 fully saturated rings. The Labute approximate surface area is 133 Å². The Morgan fingerprint density at radius 2 is 1.81 bits per heavy atom. The largest absolute Gasteiger partial charge is 0.495 e. The van der Waals surface area contributed by atoms with Gasteiger partial charge in [0.1, 0.15) is 10.8 Å². The maximum absolute atomic E-state index is 5.94. The Bertz CT molecular complexity index is 728. The molecule has 3 aromatic rings. The van der Waals surface area contributed by atoms with Crippen LogP contribution in [0.3, 0.4) is 0 Å². The highest BCUT2D eigenvalue weighted by molar-refractivity contribution is 7.13. The van der Waals surface area contributed by atoms with E-state index in [2.05, 4.69) is 17.1 Å². The van der Waals surface area contributed by atoms with Crippen LogP contribution in [0.2, 0.25) is 0 Å². The molecular weight excluding hydrogens is 304 g/mol. The molecule has 0 atom stereocenters. The summed E-state index contributed by atoms with van der Waals surface area (Å²) in [5.41, 5.74) is 9.63. The van der Waals surface area contributed by atoms with Crippen LogP contribution < -0.4 is 10.5 Å². The number of nitrogens with two attached hydrogens (primary N) is 1. The molecule has 0 aliphatic carbocycles. The third-order valence-corrected chi connectivity index (χ3v) is 3.94. The maximum Gasteiger partial charge on any atom is 0.141 e. The summed E-state index contributed by atoms with van der Waals surface area (Å²) in [5, 5.41) is 3.05. The molecule has 21 heavy (non-hydrogen) atoms. The summed E-state index contributed by atoms with van der Waals surface area (Å²) in [7, 11) is 1.61. The van der Waals surface area contributed by atoms with Gasteiger partial charge in [0.2, 0.25) is 0 Å². The average Bonchev–Trinajstić information content (AvgIpc) is 2.98. The van der Waals surface area contributed by atoms with E-state index in [9.17, 15) is 0 Å².